The number of hydrogen-bond donors (Lipinski definition) is 0. The summed E-state index contributed by atoms with van der Waals surface area (Å²) in [6, 6.07) is 5.79. The summed E-state index contributed by atoms with van der Waals surface area (Å²) in [7, 11) is -9.54. The fraction of sp³-hybridized carbons (Fsp3) is 0.500. The molecule has 0 aliphatic rings. The Labute approximate surface area is 303 Å². The van der Waals surface area contributed by atoms with E-state index in [0.717, 1.165) is 36.4 Å². The number of ether oxygens (including phenoxy) is 4. The van der Waals surface area contributed by atoms with E-state index in [-0.39, 0.29) is 95.4 Å². The number of carbonyl (C=O) groups is 4. The van der Waals surface area contributed by atoms with Gasteiger partial charge in [-0.2, -0.15) is 0 Å². The topological polar surface area (TPSA) is 220 Å². The first-order valence-electron chi connectivity index (χ1n) is 14.9. The van der Waals surface area contributed by atoms with Gasteiger partial charge in [-0.25, -0.2) is 36.0 Å². The molecule has 2 rings (SSSR count). The second-order valence-electron chi connectivity index (χ2n) is 12.3. The number of carbonyl (C=O) groups excluding carboxylic acids is 4. The summed E-state index contributed by atoms with van der Waals surface area (Å²) in [4.78, 5) is 47.3. The van der Waals surface area contributed by atoms with E-state index in [1.165, 1.54) is 0 Å². The predicted molar refractivity (Wildman–Crippen MR) is 175 cm³/mol. The fourth-order valence-electron chi connectivity index (χ4n) is 3.33. The van der Waals surface area contributed by atoms with E-state index in [2.05, 4.69) is 0 Å². The van der Waals surface area contributed by atoms with Crippen LogP contribution < -0.4 is 0 Å². The summed E-state index contributed by atoms with van der Waals surface area (Å²) in [6.07, 6.45) is 0. The number of hydrogen-bond acceptors (Lipinski definition) is 14. The maximum absolute atomic E-state index is 12.2. The van der Waals surface area contributed by atoms with Gasteiger partial charge in [0.15, 0.2) is 0 Å². The molecule has 0 unspecified atom stereocenters. The maximum Gasteiger partial charge on any atom is 2.00 e. The second kappa shape index (κ2) is 20.5. The Morgan fingerprint density at radius 3 is 0.918 bits per heavy atom. The first-order valence-corrected chi connectivity index (χ1v) is 17.7. The third-order valence-electron chi connectivity index (χ3n) is 5.63. The Kier molecular flexibility index (Phi) is 19.3. The third kappa shape index (κ3) is 16.4. The quantitative estimate of drug-likeness (QED) is 0.116. The van der Waals surface area contributed by atoms with Gasteiger partial charge >= 0.3 is 46.9 Å². The van der Waals surface area contributed by atoms with Crippen LogP contribution in [0.4, 0.5) is 0 Å². The smallest absolute Gasteiger partial charge is 0.744 e. The van der Waals surface area contributed by atoms with Gasteiger partial charge in [0, 0.05) is 0 Å². The van der Waals surface area contributed by atoms with Gasteiger partial charge in [0.1, 0.15) is 20.2 Å². The molecule has 14 nitrogen and oxygen atoms in total. The van der Waals surface area contributed by atoms with Crippen LogP contribution in [0.2, 0.25) is 0 Å². The molecule has 0 N–H and O–H groups in total. The minimum absolute atomic E-state index is 0. The van der Waals surface area contributed by atoms with Gasteiger partial charge in [0.2, 0.25) is 0 Å². The summed E-state index contributed by atoms with van der Waals surface area (Å²) in [6.45, 7) is 15.1. The van der Waals surface area contributed by atoms with Crippen LogP contribution in [-0.2, 0) is 39.2 Å². The Morgan fingerprint density at radius 1 is 0.490 bits per heavy atom. The molecule has 0 atom stereocenters. The van der Waals surface area contributed by atoms with E-state index in [1.807, 2.05) is 55.4 Å². The van der Waals surface area contributed by atoms with Crippen molar-refractivity contribution in [2.45, 2.75) is 65.2 Å². The third-order valence-corrected chi connectivity index (χ3v) is 7.29. The Morgan fingerprint density at radius 2 is 0.714 bits per heavy atom. The Balaban J connectivity index is 0.000000922. The maximum atomic E-state index is 12.2. The summed E-state index contributed by atoms with van der Waals surface area (Å²) < 4.78 is 87.1. The van der Waals surface area contributed by atoms with Crippen LogP contribution in [0.1, 0.15) is 96.8 Å². The summed E-state index contributed by atoms with van der Waals surface area (Å²) in [5, 5.41) is 0. The molecule has 0 aromatic heterocycles. The normalized spacial score (nSPS) is 11.4. The largest absolute Gasteiger partial charge is 2.00 e. The molecule has 0 spiro atoms. The number of rotatable bonds is 14. The van der Waals surface area contributed by atoms with Gasteiger partial charge in [-0.05, 0) is 60.1 Å². The van der Waals surface area contributed by atoms with Crippen molar-refractivity contribution in [3.63, 3.8) is 0 Å². The molecule has 0 saturated carbocycles. The zero-order valence-electron chi connectivity index (χ0n) is 28.8. The molecular formula is C32H42MgO14S2. The number of esters is 4. The first-order chi connectivity index (χ1) is 22.0. The Hall–Kier alpha value is -3.09. The molecule has 0 aliphatic heterocycles. The second-order valence-corrected chi connectivity index (χ2v) is 15.1. The SMILES string of the molecule is CC(C)COC(=O)c1ccc(S(=O)(=O)[O-])cc1C(=O)OCC(C)C.CC(C)COC(=O)c1ccc(S(=O)(=O)[O-])cc1C(=O)OCC(C)C.[Mg+2]. The van der Waals surface area contributed by atoms with E-state index in [4.69, 9.17) is 18.9 Å². The monoisotopic (exact) mass is 738 g/mol. The van der Waals surface area contributed by atoms with E-state index in [1.54, 1.807) is 0 Å². The van der Waals surface area contributed by atoms with Crippen LogP contribution in [0.3, 0.4) is 0 Å². The van der Waals surface area contributed by atoms with E-state index >= 15 is 0 Å². The summed E-state index contributed by atoms with van der Waals surface area (Å²) >= 11 is 0. The molecule has 2 aromatic rings. The van der Waals surface area contributed by atoms with Crippen LogP contribution in [-0.4, -0.2) is 99.3 Å². The van der Waals surface area contributed by atoms with Crippen molar-refractivity contribution in [1.82, 2.24) is 0 Å². The van der Waals surface area contributed by atoms with Crippen molar-refractivity contribution in [2.75, 3.05) is 26.4 Å². The van der Waals surface area contributed by atoms with Crippen LogP contribution in [0.25, 0.3) is 0 Å². The zero-order valence-corrected chi connectivity index (χ0v) is 31.9. The molecular weight excluding hydrogens is 697 g/mol. The molecule has 0 amide bonds. The van der Waals surface area contributed by atoms with Crippen molar-refractivity contribution >= 4 is 67.2 Å². The molecule has 268 valence electrons. The molecule has 49 heavy (non-hydrogen) atoms. The molecule has 17 heteroatoms. The molecule has 0 fully saturated rings. The van der Waals surface area contributed by atoms with Crippen molar-refractivity contribution in [1.29, 1.82) is 0 Å². The van der Waals surface area contributed by atoms with Crippen LogP contribution >= 0.6 is 0 Å². The molecule has 0 heterocycles. The molecule has 0 aliphatic carbocycles. The summed E-state index contributed by atoms with van der Waals surface area (Å²) in [5.74, 6) is -3.05. The van der Waals surface area contributed by atoms with Gasteiger partial charge in [0.05, 0.1) is 58.5 Å². The molecule has 0 radical (unpaired) electrons. The average Bonchev–Trinajstić information content (AvgIpc) is 2.98. The average molecular weight is 739 g/mol. The van der Waals surface area contributed by atoms with Gasteiger partial charge in [-0.3, -0.25) is 0 Å². The van der Waals surface area contributed by atoms with Gasteiger partial charge in [0.25, 0.3) is 0 Å². The fourth-order valence-corrected chi connectivity index (χ4v) is 4.33. The van der Waals surface area contributed by atoms with Crippen molar-refractivity contribution in [3.05, 3.63) is 58.7 Å². The first kappa shape index (κ1) is 45.9. The van der Waals surface area contributed by atoms with Crippen molar-refractivity contribution in [2.24, 2.45) is 23.7 Å². The molecule has 0 bridgehead atoms. The van der Waals surface area contributed by atoms with Crippen LogP contribution in [0.5, 0.6) is 0 Å². The van der Waals surface area contributed by atoms with Gasteiger partial charge < -0.3 is 28.1 Å². The van der Waals surface area contributed by atoms with Gasteiger partial charge in [-0.15, -0.1) is 0 Å². The minimum Gasteiger partial charge on any atom is -0.744 e. The Bertz CT molecular complexity index is 1540. The molecule has 0 saturated heterocycles. The predicted octanol–water partition coefficient (Wildman–Crippen LogP) is 4.05. The molecule has 2 aromatic carbocycles. The summed E-state index contributed by atoms with van der Waals surface area (Å²) in [5.41, 5.74) is -0.892. The standard InChI is InChI=1S/2C16H22O7S.Mg/c2*1-10(2)8-22-15(17)13-6-5-12(24(19,20)21)7-14(13)16(18)23-9-11(3)4;/h2*5-7,10-11H,8-9H2,1-4H3,(H,19,20,21);/q;;+2/p-2. The number of benzene rings is 2. The van der Waals surface area contributed by atoms with Crippen molar-refractivity contribution < 1.29 is 64.1 Å². The van der Waals surface area contributed by atoms with Crippen molar-refractivity contribution in [3.8, 4) is 0 Å². The van der Waals surface area contributed by atoms with E-state index < -0.39 is 53.9 Å². The van der Waals surface area contributed by atoms with Crippen LogP contribution in [0, 0.1) is 23.7 Å². The minimum atomic E-state index is -4.77. The van der Waals surface area contributed by atoms with Gasteiger partial charge in [-0.1, -0.05) is 55.4 Å². The van der Waals surface area contributed by atoms with E-state index in [0.29, 0.717) is 0 Å². The van der Waals surface area contributed by atoms with E-state index in [9.17, 15) is 45.1 Å². The zero-order chi connectivity index (χ0) is 37.0. The van der Waals surface area contributed by atoms with Crippen LogP contribution in [0.15, 0.2) is 46.2 Å².